The van der Waals surface area contributed by atoms with Crippen molar-refractivity contribution in [3.05, 3.63) is 11.7 Å². The molecule has 2 saturated heterocycles. The zero-order valence-corrected chi connectivity index (χ0v) is 10.3. The Bertz CT molecular complexity index is 367. The molecule has 2 atom stereocenters. The van der Waals surface area contributed by atoms with Crippen molar-refractivity contribution in [2.75, 3.05) is 18.8 Å². The van der Waals surface area contributed by atoms with E-state index in [2.05, 4.69) is 22.4 Å². The van der Waals surface area contributed by atoms with E-state index in [0.717, 1.165) is 31.2 Å². The van der Waals surface area contributed by atoms with Crippen molar-refractivity contribution in [3.8, 4) is 0 Å². The maximum atomic E-state index is 5.45. The van der Waals surface area contributed by atoms with Crippen molar-refractivity contribution >= 4 is 11.8 Å². The molecule has 0 aliphatic carbocycles. The van der Waals surface area contributed by atoms with Crippen molar-refractivity contribution in [2.24, 2.45) is 0 Å². The number of rotatable bonds is 2. The molecule has 0 aromatic carbocycles. The fourth-order valence-corrected chi connectivity index (χ4v) is 3.59. The van der Waals surface area contributed by atoms with E-state index in [1.165, 1.54) is 18.6 Å². The van der Waals surface area contributed by atoms with Crippen LogP contribution in [0.2, 0.25) is 0 Å². The normalized spacial score (nSPS) is 34.7. The fourth-order valence-electron chi connectivity index (χ4n) is 2.39. The summed E-state index contributed by atoms with van der Waals surface area (Å²) in [4.78, 5) is 4.61. The van der Waals surface area contributed by atoms with Crippen LogP contribution in [0.1, 0.15) is 43.2 Å². The summed E-state index contributed by atoms with van der Waals surface area (Å²) >= 11 is 1.95. The number of hydrogen-bond acceptors (Lipinski definition) is 5. The minimum Gasteiger partial charge on any atom is -0.339 e. The maximum absolute atomic E-state index is 5.45. The number of nitrogens with zero attached hydrogens (tertiary/aromatic N) is 2. The molecule has 2 unspecified atom stereocenters. The van der Waals surface area contributed by atoms with Gasteiger partial charge in [0.1, 0.15) is 0 Å². The lowest BCUT2D eigenvalue weighted by Crippen LogP contribution is -2.25. The molecule has 1 aromatic heterocycles. The standard InChI is InChI=1S/C11H17N3OS/c1-11(4-5-12-7-11)10-13-9(14-15-10)8-3-2-6-16-8/h8,12H,2-7H2,1H3. The van der Waals surface area contributed by atoms with E-state index in [1.54, 1.807) is 0 Å². The number of thioether (sulfide) groups is 1. The summed E-state index contributed by atoms with van der Waals surface area (Å²) in [5.41, 5.74) is 0.0501. The fraction of sp³-hybridized carbons (Fsp3) is 0.818. The van der Waals surface area contributed by atoms with E-state index < -0.39 is 0 Å². The third-order valence-corrected chi connectivity index (χ3v) is 4.92. The minimum atomic E-state index is 0.0501. The average molecular weight is 239 g/mol. The van der Waals surface area contributed by atoms with Crippen LogP contribution in [0.3, 0.4) is 0 Å². The molecule has 3 heterocycles. The molecular formula is C11H17N3OS. The Morgan fingerprint density at radius 1 is 1.56 bits per heavy atom. The van der Waals surface area contributed by atoms with E-state index in [0.29, 0.717) is 5.25 Å². The molecule has 0 bridgehead atoms. The van der Waals surface area contributed by atoms with Gasteiger partial charge in [-0.15, -0.1) is 0 Å². The lowest BCUT2D eigenvalue weighted by atomic mass is 9.90. The zero-order valence-electron chi connectivity index (χ0n) is 9.53. The van der Waals surface area contributed by atoms with E-state index in [1.807, 2.05) is 11.8 Å². The molecule has 88 valence electrons. The van der Waals surface area contributed by atoms with Crippen molar-refractivity contribution in [1.29, 1.82) is 0 Å². The van der Waals surface area contributed by atoms with Crippen LogP contribution in [0.4, 0.5) is 0 Å². The molecule has 4 nitrogen and oxygen atoms in total. The predicted octanol–water partition coefficient (Wildman–Crippen LogP) is 1.89. The smallest absolute Gasteiger partial charge is 0.233 e. The first-order valence-corrected chi connectivity index (χ1v) is 6.99. The van der Waals surface area contributed by atoms with E-state index >= 15 is 0 Å². The molecule has 3 rings (SSSR count). The maximum Gasteiger partial charge on any atom is 0.233 e. The van der Waals surface area contributed by atoms with Crippen molar-refractivity contribution in [1.82, 2.24) is 15.5 Å². The van der Waals surface area contributed by atoms with Crippen LogP contribution in [0.25, 0.3) is 0 Å². The van der Waals surface area contributed by atoms with Crippen LogP contribution in [-0.4, -0.2) is 29.0 Å². The van der Waals surface area contributed by atoms with Gasteiger partial charge in [-0.2, -0.15) is 16.7 Å². The Hall–Kier alpha value is -0.550. The van der Waals surface area contributed by atoms with Crippen molar-refractivity contribution in [2.45, 2.75) is 36.9 Å². The van der Waals surface area contributed by atoms with E-state index in [9.17, 15) is 0 Å². The minimum absolute atomic E-state index is 0.0501. The van der Waals surface area contributed by atoms with Gasteiger partial charge in [-0.05, 0) is 38.5 Å². The monoisotopic (exact) mass is 239 g/mol. The summed E-state index contributed by atoms with van der Waals surface area (Å²) < 4.78 is 5.45. The summed E-state index contributed by atoms with van der Waals surface area (Å²) in [6, 6.07) is 0. The first-order valence-electron chi connectivity index (χ1n) is 5.94. The third-order valence-electron chi connectivity index (χ3n) is 3.54. The Kier molecular flexibility index (Phi) is 2.67. The summed E-state index contributed by atoms with van der Waals surface area (Å²) in [5.74, 6) is 2.96. The van der Waals surface area contributed by atoms with Crippen LogP contribution in [0.15, 0.2) is 4.52 Å². The van der Waals surface area contributed by atoms with Crippen molar-refractivity contribution < 1.29 is 4.52 Å². The van der Waals surface area contributed by atoms with Crippen molar-refractivity contribution in [3.63, 3.8) is 0 Å². The lowest BCUT2D eigenvalue weighted by Gasteiger charge is -2.16. The largest absolute Gasteiger partial charge is 0.339 e. The molecule has 16 heavy (non-hydrogen) atoms. The second-order valence-electron chi connectivity index (χ2n) is 4.95. The first-order chi connectivity index (χ1) is 7.78. The van der Waals surface area contributed by atoms with Crippen LogP contribution >= 0.6 is 11.8 Å². The van der Waals surface area contributed by atoms with Crippen LogP contribution in [0.5, 0.6) is 0 Å². The van der Waals surface area contributed by atoms with E-state index in [-0.39, 0.29) is 5.41 Å². The number of hydrogen-bond donors (Lipinski definition) is 1. The van der Waals surface area contributed by atoms with Gasteiger partial charge in [-0.25, -0.2) is 0 Å². The van der Waals surface area contributed by atoms with Gasteiger partial charge in [-0.3, -0.25) is 0 Å². The topological polar surface area (TPSA) is 51.0 Å². The molecule has 1 N–H and O–H groups in total. The van der Waals surface area contributed by atoms with Gasteiger partial charge in [0.05, 0.1) is 10.7 Å². The molecule has 5 heteroatoms. The van der Waals surface area contributed by atoms with Gasteiger partial charge in [0.2, 0.25) is 5.89 Å². The zero-order chi connectivity index (χ0) is 11.0. The third kappa shape index (κ3) is 1.76. The molecule has 2 aliphatic rings. The van der Waals surface area contributed by atoms with Gasteiger partial charge in [0, 0.05) is 6.54 Å². The Balaban J connectivity index is 1.81. The molecule has 1 aromatic rings. The molecule has 2 aliphatic heterocycles. The highest BCUT2D eigenvalue weighted by molar-refractivity contribution is 7.99. The molecule has 0 spiro atoms. The van der Waals surface area contributed by atoms with Gasteiger partial charge in [0.15, 0.2) is 5.82 Å². The van der Waals surface area contributed by atoms with Crippen LogP contribution in [-0.2, 0) is 5.41 Å². The molecule has 2 fully saturated rings. The second-order valence-corrected chi connectivity index (χ2v) is 6.26. The van der Waals surface area contributed by atoms with Gasteiger partial charge in [-0.1, -0.05) is 5.16 Å². The Morgan fingerprint density at radius 2 is 2.50 bits per heavy atom. The SMILES string of the molecule is CC1(c2nc(C3CCCS3)no2)CCNC1. The average Bonchev–Trinajstić information content (AvgIpc) is 2.98. The van der Waals surface area contributed by atoms with Gasteiger partial charge >= 0.3 is 0 Å². The number of nitrogens with one attached hydrogen (secondary N) is 1. The predicted molar refractivity (Wildman–Crippen MR) is 63.6 cm³/mol. The first kappa shape index (κ1) is 10.6. The summed E-state index contributed by atoms with van der Waals surface area (Å²) in [6.07, 6.45) is 3.56. The van der Waals surface area contributed by atoms with Gasteiger partial charge < -0.3 is 9.84 Å². The highest BCUT2D eigenvalue weighted by atomic mass is 32.2. The van der Waals surface area contributed by atoms with Crippen LogP contribution in [0, 0.1) is 0 Å². The van der Waals surface area contributed by atoms with Gasteiger partial charge in [0.25, 0.3) is 0 Å². The summed E-state index contributed by atoms with van der Waals surface area (Å²) in [5, 5.41) is 7.98. The summed E-state index contributed by atoms with van der Waals surface area (Å²) in [7, 11) is 0. The quantitative estimate of drug-likeness (QED) is 0.854. The summed E-state index contributed by atoms with van der Waals surface area (Å²) in [6.45, 7) is 4.20. The number of aromatic nitrogens is 2. The highest BCUT2D eigenvalue weighted by Crippen LogP contribution is 2.39. The van der Waals surface area contributed by atoms with Crippen LogP contribution < -0.4 is 5.32 Å². The molecule has 0 amide bonds. The molecule has 0 saturated carbocycles. The Labute approximate surface area is 99.6 Å². The molecule has 0 radical (unpaired) electrons. The van der Waals surface area contributed by atoms with E-state index in [4.69, 9.17) is 4.52 Å². The second kappa shape index (κ2) is 4.04. The Morgan fingerprint density at radius 3 is 3.19 bits per heavy atom. The lowest BCUT2D eigenvalue weighted by molar-refractivity contribution is 0.304. The molecular weight excluding hydrogens is 222 g/mol. The highest BCUT2D eigenvalue weighted by Gasteiger charge is 2.37.